The Balaban J connectivity index is 2.30. The molecule has 0 saturated carbocycles. The Labute approximate surface area is 119 Å². The van der Waals surface area contributed by atoms with Gasteiger partial charge in [-0.25, -0.2) is 4.98 Å². The predicted octanol–water partition coefficient (Wildman–Crippen LogP) is 3.15. The molecule has 0 amide bonds. The molecule has 20 heavy (non-hydrogen) atoms. The van der Waals surface area contributed by atoms with E-state index >= 15 is 0 Å². The first-order valence-electron chi connectivity index (χ1n) is 6.60. The number of hydrogen-bond acceptors (Lipinski definition) is 4. The molecular weight excluding hydrogens is 250 g/mol. The third-order valence-electron chi connectivity index (χ3n) is 3.30. The Morgan fingerprint density at radius 1 is 1.10 bits per heavy atom. The van der Waals surface area contributed by atoms with Gasteiger partial charge >= 0.3 is 0 Å². The van der Waals surface area contributed by atoms with Crippen molar-refractivity contribution in [3.8, 4) is 0 Å². The first-order valence-corrected chi connectivity index (χ1v) is 6.60. The maximum atomic E-state index is 9.25. The van der Waals surface area contributed by atoms with Crippen LogP contribution in [0, 0.1) is 0 Å². The fraction of sp³-hybridized carbons (Fsp3) is 0.250. The highest BCUT2D eigenvalue weighted by molar-refractivity contribution is 6.12. The van der Waals surface area contributed by atoms with Gasteiger partial charge in [0.15, 0.2) is 0 Å². The summed E-state index contributed by atoms with van der Waals surface area (Å²) in [4.78, 5) is 6.51. The second-order valence-corrected chi connectivity index (χ2v) is 4.92. The zero-order valence-electron chi connectivity index (χ0n) is 12.0. The lowest BCUT2D eigenvalue weighted by molar-refractivity contribution is 0.319. The molecule has 0 fully saturated rings. The first-order chi connectivity index (χ1) is 9.63. The third-order valence-corrected chi connectivity index (χ3v) is 3.30. The van der Waals surface area contributed by atoms with E-state index in [1.54, 1.807) is 6.20 Å². The van der Waals surface area contributed by atoms with Crippen molar-refractivity contribution in [2.45, 2.75) is 19.9 Å². The summed E-state index contributed by atoms with van der Waals surface area (Å²) in [7, 11) is 2.00. The highest BCUT2D eigenvalue weighted by Gasteiger charge is 2.10. The molecule has 1 aromatic carbocycles. The van der Waals surface area contributed by atoms with Gasteiger partial charge in [-0.05, 0) is 26.0 Å². The molecular formula is C16H19N3O. The third kappa shape index (κ3) is 2.96. The molecule has 0 spiro atoms. The van der Waals surface area contributed by atoms with E-state index in [-0.39, 0.29) is 0 Å². The van der Waals surface area contributed by atoms with Crippen LogP contribution in [-0.4, -0.2) is 29.0 Å². The van der Waals surface area contributed by atoms with E-state index in [4.69, 9.17) is 0 Å². The zero-order chi connectivity index (χ0) is 14.5. The number of nitrogens with zero attached hydrogens (tertiary/aromatic N) is 3. The Hall–Kier alpha value is -2.36. The van der Waals surface area contributed by atoms with Crippen molar-refractivity contribution in [2.24, 2.45) is 5.16 Å². The van der Waals surface area contributed by atoms with Crippen LogP contribution in [0.1, 0.15) is 25.0 Å². The van der Waals surface area contributed by atoms with E-state index in [0.29, 0.717) is 11.8 Å². The number of aromatic nitrogens is 1. The molecule has 1 aromatic heterocycles. The summed E-state index contributed by atoms with van der Waals surface area (Å²) in [5, 5.41) is 12.7. The number of anilines is 1. The monoisotopic (exact) mass is 269 g/mol. The fourth-order valence-corrected chi connectivity index (χ4v) is 1.88. The van der Waals surface area contributed by atoms with E-state index in [1.807, 2.05) is 49.5 Å². The first kappa shape index (κ1) is 14.1. The topological polar surface area (TPSA) is 48.7 Å². The molecule has 104 valence electrons. The molecule has 0 saturated heterocycles. The SMILES string of the molecule is CC(C)N(C)c1ccc(/C(=N/O)c2ccccc2)cn1. The van der Waals surface area contributed by atoms with Crippen molar-refractivity contribution >= 4 is 11.5 Å². The van der Waals surface area contributed by atoms with Crippen LogP contribution in [0.5, 0.6) is 0 Å². The van der Waals surface area contributed by atoms with Crippen LogP contribution in [0.4, 0.5) is 5.82 Å². The van der Waals surface area contributed by atoms with E-state index in [2.05, 4.69) is 28.9 Å². The fourth-order valence-electron chi connectivity index (χ4n) is 1.88. The molecule has 0 bridgehead atoms. The summed E-state index contributed by atoms with van der Waals surface area (Å²) in [5.74, 6) is 0.897. The number of rotatable bonds is 4. The van der Waals surface area contributed by atoms with Crippen molar-refractivity contribution in [2.75, 3.05) is 11.9 Å². The van der Waals surface area contributed by atoms with Crippen LogP contribution in [-0.2, 0) is 0 Å². The van der Waals surface area contributed by atoms with Crippen molar-refractivity contribution in [3.05, 3.63) is 59.8 Å². The zero-order valence-corrected chi connectivity index (χ0v) is 12.0. The van der Waals surface area contributed by atoms with E-state index in [9.17, 15) is 5.21 Å². The van der Waals surface area contributed by atoms with Crippen molar-refractivity contribution in [3.63, 3.8) is 0 Å². The maximum Gasteiger partial charge on any atom is 0.128 e. The van der Waals surface area contributed by atoms with Gasteiger partial charge in [-0.1, -0.05) is 35.5 Å². The van der Waals surface area contributed by atoms with E-state index in [0.717, 1.165) is 16.9 Å². The minimum Gasteiger partial charge on any atom is -0.410 e. The van der Waals surface area contributed by atoms with Gasteiger partial charge in [0.2, 0.25) is 0 Å². The van der Waals surface area contributed by atoms with Gasteiger partial charge in [0.1, 0.15) is 11.5 Å². The normalized spacial score (nSPS) is 11.7. The van der Waals surface area contributed by atoms with E-state index < -0.39 is 0 Å². The Bertz CT molecular complexity index is 576. The van der Waals surface area contributed by atoms with Crippen LogP contribution < -0.4 is 4.90 Å². The number of hydrogen-bond donors (Lipinski definition) is 1. The molecule has 2 aromatic rings. The van der Waals surface area contributed by atoms with E-state index in [1.165, 1.54) is 0 Å². The minimum atomic E-state index is 0.383. The molecule has 0 aliphatic carbocycles. The lowest BCUT2D eigenvalue weighted by Crippen LogP contribution is -2.26. The van der Waals surface area contributed by atoms with Gasteiger partial charge < -0.3 is 10.1 Å². The molecule has 0 atom stereocenters. The second-order valence-electron chi connectivity index (χ2n) is 4.92. The highest BCUT2D eigenvalue weighted by Crippen LogP contribution is 2.15. The molecule has 4 heteroatoms. The molecule has 0 aliphatic rings. The van der Waals surface area contributed by atoms with Gasteiger partial charge in [0.25, 0.3) is 0 Å². The molecule has 1 N–H and O–H groups in total. The van der Waals surface area contributed by atoms with Gasteiger partial charge in [-0.3, -0.25) is 0 Å². The lowest BCUT2D eigenvalue weighted by atomic mass is 10.0. The van der Waals surface area contributed by atoms with Crippen molar-refractivity contribution < 1.29 is 5.21 Å². The molecule has 0 aliphatic heterocycles. The van der Waals surface area contributed by atoms with Crippen LogP contribution >= 0.6 is 0 Å². The van der Waals surface area contributed by atoms with Crippen LogP contribution in [0.3, 0.4) is 0 Å². The summed E-state index contributed by atoms with van der Waals surface area (Å²) in [6.45, 7) is 4.22. The van der Waals surface area contributed by atoms with Gasteiger partial charge in [-0.2, -0.15) is 0 Å². The Morgan fingerprint density at radius 2 is 1.80 bits per heavy atom. The largest absolute Gasteiger partial charge is 0.410 e. The Morgan fingerprint density at radius 3 is 2.30 bits per heavy atom. The second kappa shape index (κ2) is 6.19. The number of pyridine rings is 1. The molecule has 1 heterocycles. The quantitative estimate of drug-likeness (QED) is 0.527. The number of oxime groups is 1. The minimum absolute atomic E-state index is 0.383. The molecule has 4 nitrogen and oxygen atoms in total. The Kier molecular flexibility index (Phi) is 4.35. The maximum absolute atomic E-state index is 9.25. The molecule has 0 radical (unpaired) electrons. The summed E-state index contributed by atoms with van der Waals surface area (Å²) in [6.07, 6.45) is 1.73. The summed E-state index contributed by atoms with van der Waals surface area (Å²) < 4.78 is 0. The highest BCUT2D eigenvalue weighted by atomic mass is 16.4. The van der Waals surface area contributed by atoms with Crippen LogP contribution in [0.15, 0.2) is 53.8 Å². The summed E-state index contributed by atoms with van der Waals surface area (Å²) in [6, 6.07) is 13.8. The predicted molar refractivity (Wildman–Crippen MR) is 81.6 cm³/mol. The van der Waals surface area contributed by atoms with Gasteiger partial charge in [0.05, 0.1) is 0 Å². The molecule has 0 unspecified atom stereocenters. The average Bonchev–Trinajstić information content (AvgIpc) is 2.49. The van der Waals surface area contributed by atoms with Crippen molar-refractivity contribution in [1.82, 2.24) is 4.98 Å². The van der Waals surface area contributed by atoms with Crippen LogP contribution in [0.25, 0.3) is 0 Å². The van der Waals surface area contributed by atoms with Gasteiger partial charge in [-0.15, -0.1) is 0 Å². The summed E-state index contributed by atoms with van der Waals surface area (Å²) >= 11 is 0. The lowest BCUT2D eigenvalue weighted by Gasteiger charge is -2.22. The van der Waals surface area contributed by atoms with Crippen LogP contribution in [0.2, 0.25) is 0 Å². The van der Waals surface area contributed by atoms with Crippen molar-refractivity contribution in [1.29, 1.82) is 0 Å². The standard InChI is InChI=1S/C16H19N3O/c1-12(2)19(3)15-10-9-14(11-17-15)16(18-20)13-7-5-4-6-8-13/h4-12,20H,1-3H3/b18-16+. The molecule has 2 rings (SSSR count). The van der Waals surface area contributed by atoms with Gasteiger partial charge in [0, 0.05) is 30.4 Å². The number of benzene rings is 1. The summed E-state index contributed by atoms with van der Waals surface area (Å²) in [5.41, 5.74) is 2.18. The smallest absolute Gasteiger partial charge is 0.128 e. The average molecular weight is 269 g/mol.